The molecular weight excluding hydrogens is 326 g/mol. The van der Waals surface area contributed by atoms with Crippen LogP contribution in [0, 0.1) is 0 Å². The number of nitrogens with zero attached hydrogens (tertiary/aromatic N) is 3. The number of piperidine rings is 1. The molecule has 3 heterocycles. The molecule has 0 radical (unpaired) electrons. The lowest BCUT2D eigenvalue weighted by molar-refractivity contribution is 0.0696. The molecule has 0 bridgehead atoms. The van der Waals surface area contributed by atoms with Crippen LogP contribution in [0.15, 0.2) is 48.7 Å². The zero-order chi connectivity index (χ0) is 18.0. The van der Waals surface area contributed by atoms with Crippen molar-refractivity contribution >= 4 is 11.8 Å². The first-order valence-corrected chi connectivity index (χ1v) is 9.40. The molecule has 26 heavy (non-hydrogen) atoms. The molecule has 0 atom stereocenters. The lowest BCUT2D eigenvalue weighted by atomic mass is 9.84. The highest BCUT2D eigenvalue weighted by molar-refractivity contribution is 5.87. The Bertz CT molecular complexity index is 753. The van der Waals surface area contributed by atoms with E-state index in [2.05, 4.69) is 26.9 Å². The molecule has 2 fully saturated rings. The molecule has 0 amide bonds. The van der Waals surface area contributed by atoms with Crippen LogP contribution in [0.2, 0.25) is 0 Å². The average molecular weight is 351 g/mol. The van der Waals surface area contributed by atoms with Crippen molar-refractivity contribution in [3.8, 4) is 0 Å². The molecule has 0 aliphatic carbocycles. The zero-order valence-corrected chi connectivity index (χ0v) is 15.0. The van der Waals surface area contributed by atoms with Crippen LogP contribution < -0.4 is 4.90 Å². The molecule has 2 saturated heterocycles. The average Bonchev–Trinajstić information content (AvgIpc) is 3.05. The Kier molecular flexibility index (Phi) is 4.64. The Morgan fingerprint density at radius 2 is 1.81 bits per heavy atom. The van der Waals surface area contributed by atoms with E-state index in [-0.39, 0.29) is 5.54 Å². The Morgan fingerprint density at radius 1 is 1.04 bits per heavy atom. The minimum Gasteiger partial charge on any atom is -0.478 e. The molecule has 0 saturated carbocycles. The van der Waals surface area contributed by atoms with E-state index in [1.165, 1.54) is 18.4 Å². The number of hydrogen-bond donors (Lipinski definition) is 1. The van der Waals surface area contributed by atoms with Crippen molar-refractivity contribution in [3.05, 3.63) is 59.8 Å². The number of rotatable bonds is 4. The molecule has 1 N–H and O–H groups in total. The molecule has 2 aliphatic heterocycles. The fraction of sp³-hybridized carbons (Fsp3) is 0.429. The van der Waals surface area contributed by atoms with E-state index in [0.717, 1.165) is 44.8 Å². The lowest BCUT2D eigenvalue weighted by Crippen LogP contribution is -2.52. The Hall–Kier alpha value is -2.40. The summed E-state index contributed by atoms with van der Waals surface area (Å²) in [6, 6.07) is 13.4. The van der Waals surface area contributed by atoms with Crippen LogP contribution in [0.3, 0.4) is 0 Å². The number of pyridine rings is 1. The first-order valence-electron chi connectivity index (χ1n) is 9.40. The number of carbonyl (C=O) groups is 1. The van der Waals surface area contributed by atoms with Crippen LogP contribution in [0.1, 0.15) is 41.6 Å². The van der Waals surface area contributed by atoms with Gasteiger partial charge in [-0.2, -0.15) is 0 Å². The van der Waals surface area contributed by atoms with E-state index < -0.39 is 5.97 Å². The van der Waals surface area contributed by atoms with Crippen molar-refractivity contribution in [2.75, 3.05) is 24.5 Å². The summed E-state index contributed by atoms with van der Waals surface area (Å²) in [6.07, 6.45) is 6.70. The number of benzene rings is 1. The molecule has 1 spiro atoms. The van der Waals surface area contributed by atoms with Crippen LogP contribution in [0.4, 0.5) is 5.82 Å². The predicted molar refractivity (Wildman–Crippen MR) is 101 cm³/mol. The van der Waals surface area contributed by atoms with Gasteiger partial charge >= 0.3 is 5.97 Å². The summed E-state index contributed by atoms with van der Waals surface area (Å²) in [4.78, 5) is 20.5. The lowest BCUT2D eigenvalue weighted by Gasteiger charge is -2.45. The third-order valence-electron chi connectivity index (χ3n) is 5.98. The van der Waals surface area contributed by atoms with E-state index in [0.29, 0.717) is 5.56 Å². The fourth-order valence-corrected chi connectivity index (χ4v) is 4.47. The van der Waals surface area contributed by atoms with Crippen LogP contribution in [-0.4, -0.2) is 46.1 Å². The van der Waals surface area contributed by atoms with Gasteiger partial charge in [0.2, 0.25) is 0 Å². The van der Waals surface area contributed by atoms with Crippen LogP contribution >= 0.6 is 0 Å². The SMILES string of the molecule is O=C(O)c1ccc(CN2CCCC23CCN(c2ccccn2)CC3)cc1. The van der Waals surface area contributed by atoms with Crippen LogP contribution in [0.25, 0.3) is 0 Å². The van der Waals surface area contributed by atoms with Gasteiger partial charge < -0.3 is 10.0 Å². The fourth-order valence-electron chi connectivity index (χ4n) is 4.47. The topological polar surface area (TPSA) is 56.7 Å². The highest BCUT2D eigenvalue weighted by Gasteiger charge is 2.43. The van der Waals surface area contributed by atoms with Gasteiger partial charge in [-0.25, -0.2) is 9.78 Å². The van der Waals surface area contributed by atoms with Gasteiger partial charge in [-0.15, -0.1) is 0 Å². The maximum atomic E-state index is 11.0. The number of likely N-dealkylation sites (tertiary alicyclic amines) is 1. The van der Waals surface area contributed by atoms with Gasteiger partial charge in [0.25, 0.3) is 0 Å². The number of hydrogen-bond acceptors (Lipinski definition) is 4. The van der Waals surface area contributed by atoms with Crippen LogP contribution in [0.5, 0.6) is 0 Å². The summed E-state index contributed by atoms with van der Waals surface area (Å²) in [6.45, 7) is 4.13. The first-order chi connectivity index (χ1) is 12.7. The Balaban J connectivity index is 1.43. The van der Waals surface area contributed by atoms with Crippen molar-refractivity contribution in [2.45, 2.75) is 37.8 Å². The second-order valence-electron chi connectivity index (χ2n) is 7.43. The number of aromatic nitrogens is 1. The standard InChI is InChI=1S/C21H25N3O2/c25-20(26)18-7-5-17(6-8-18)16-24-13-3-9-21(24)10-14-23(15-11-21)19-4-1-2-12-22-19/h1-2,4-8,12H,3,9-11,13-16H2,(H,25,26). The molecule has 0 unspecified atom stereocenters. The van der Waals surface area contributed by atoms with Gasteiger partial charge in [0.05, 0.1) is 5.56 Å². The summed E-state index contributed by atoms with van der Waals surface area (Å²) in [5, 5.41) is 9.06. The van der Waals surface area contributed by atoms with Crippen molar-refractivity contribution < 1.29 is 9.90 Å². The minimum atomic E-state index is -0.865. The summed E-state index contributed by atoms with van der Waals surface area (Å²) in [7, 11) is 0. The van der Waals surface area contributed by atoms with E-state index in [4.69, 9.17) is 5.11 Å². The molecule has 136 valence electrons. The second-order valence-corrected chi connectivity index (χ2v) is 7.43. The summed E-state index contributed by atoms with van der Waals surface area (Å²) in [5.74, 6) is 0.215. The zero-order valence-electron chi connectivity index (χ0n) is 15.0. The van der Waals surface area contributed by atoms with Gasteiger partial charge in [-0.05, 0) is 62.1 Å². The van der Waals surface area contributed by atoms with Crippen molar-refractivity contribution in [1.82, 2.24) is 9.88 Å². The van der Waals surface area contributed by atoms with Gasteiger partial charge in [0.1, 0.15) is 5.82 Å². The number of carboxylic acids is 1. The maximum Gasteiger partial charge on any atom is 0.335 e. The molecule has 1 aromatic carbocycles. The quantitative estimate of drug-likeness (QED) is 0.915. The molecule has 2 aromatic rings. The number of carboxylic acid groups (broad SMARTS) is 1. The summed E-state index contributed by atoms with van der Waals surface area (Å²) >= 11 is 0. The second kappa shape index (κ2) is 7.08. The molecule has 5 heteroatoms. The van der Waals surface area contributed by atoms with Crippen molar-refractivity contribution in [1.29, 1.82) is 0 Å². The molecule has 2 aliphatic rings. The van der Waals surface area contributed by atoms with Gasteiger partial charge in [-0.1, -0.05) is 18.2 Å². The third kappa shape index (κ3) is 3.31. The molecule has 4 rings (SSSR count). The van der Waals surface area contributed by atoms with Gasteiger partial charge in [-0.3, -0.25) is 4.90 Å². The van der Waals surface area contributed by atoms with E-state index in [9.17, 15) is 4.79 Å². The van der Waals surface area contributed by atoms with Crippen molar-refractivity contribution in [2.24, 2.45) is 0 Å². The minimum absolute atomic E-state index is 0.288. The number of anilines is 1. The van der Waals surface area contributed by atoms with E-state index >= 15 is 0 Å². The normalized spacial score (nSPS) is 19.8. The monoisotopic (exact) mass is 351 g/mol. The van der Waals surface area contributed by atoms with E-state index in [1.54, 1.807) is 12.1 Å². The Labute approximate surface area is 154 Å². The van der Waals surface area contributed by atoms with Gasteiger partial charge in [0.15, 0.2) is 0 Å². The molecular formula is C21H25N3O2. The Morgan fingerprint density at radius 3 is 2.46 bits per heavy atom. The molecule has 1 aromatic heterocycles. The summed E-state index contributed by atoms with van der Waals surface area (Å²) in [5.41, 5.74) is 1.84. The number of aromatic carboxylic acids is 1. The predicted octanol–water partition coefficient (Wildman–Crippen LogP) is 3.41. The summed E-state index contributed by atoms with van der Waals surface area (Å²) < 4.78 is 0. The van der Waals surface area contributed by atoms with Crippen LogP contribution in [-0.2, 0) is 6.54 Å². The van der Waals surface area contributed by atoms with Crippen molar-refractivity contribution in [3.63, 3.8) is 0 Å². The largest absolute Gasteiger partial charge is 0.478 e. The highest BCUT2D eigenvalue weighted by atomic mass is 16.4. The first kappa shape index (κ1) is 17.0. The third-order valence-corrected chi connectivity index (χ3v) is 5.98. The maximum absolute atomic E-state index is 11.0. The highest BCUT2D eigenvalue weighted by Crippen LogP contribution is 2.40. The smallest absolute Gasteiger partial charge is 0.335 e. The van der Waals surface area contributed by atoms with E-state index in [1.807, 2.05) is 24.4 Å². The van der Waals surface area contributed by atoms with Gasteiger partial charge in [0, 0.05) is 31.4 Å². The molecule has 5 nitrogen and oxygen atoms in total.